The summed E-state index contributed by atoms with van der Waals surface area (Å²) in [6, 6.07) is 2.89. The quantitative estimate of drug-likeness (QED) is 0.759. The van der Waals surface area contributed by atoms with E-state index in [-0.39, 0.29) is 17.4 Å². The van der Waals surface area contributed by atoms with Crippen LogP contribution in [-0.4, -0.2) is 29.8 Å². The van der Waals surface area contributed by atoms with Crippen LogP contribution in [-0.2, 0) is 0 Å². The molecule has 0 aromatic heterocycles. The highest BCUT2D eigenvalue weighted by Crippen LogP contribution is 2.20. The summed E-state index contributed by atoms with van der Waals surface area (Å²) in [7, 11) is 0. The number of piperidine rings is 1. The van der Waals surface area contributed by atoms with E-state index in [2.05, 4.69) is 0 Å². The van der Waals surface area contributed by atoms with Gasteiger partial charge in [-0.25, -0.2) is 8.78 Å². The van der Waals surface area contributed by atoms with Crippen LogP contribution in [0.5, 0.6) is 0 Å². The van der Waals surface area contributed by atoms with Crippen molar-refractivity contribution < 1.29 is 13.6 Å². The van der Waals surface area contributed by atoms with Crippen LogP contribution >= 0.6 is 11.6 Å². The summed E-state index contributed by atoms with van der Waals surface area (Å²) in [6.45, 7) is 1.17. The van der Waals surface area contributed by atoms with Crippen molar-refractivity contribution in [3.63, 3.8) is 0 Å². The molecule has 98 valence electrons. The lowest BCUT2D eigenvalue weighted by atomic mass is 9.99. The van der Waals surface area contributed by atoms with E-state index in [0.29, 0.717) is 19.0 Å². The zero-order valence-electron chi connectivity index (χ0n) is 9.83. The highest BCUT2D eigenvalue weighted by molar-refractivity contribution is 6.18. The van der Waals surface area contributed by atoms with Gasteiger partial charge >= 0.3 is 0 Å². The van der Waals surface area contributed by atoms with Crippen molar-refractivity contribution in [1.29, 1.82) is 0 Å². The third-order valence-electron chi connectivity index (χ3n) is 3.13. The molecule has 1 aromatic carbocycles. The number of halogens is 3. The van der Waals surface area contributed by atoms with E-state index in [1.165, 1.54) is 0 Å². The van der Waals surface area contributed by atoms with Gasteiger partial charge in [0.05, 0.1) is 0 Å². The van der Waals surface area contributed by atoms with Crippen LogP contribution in [0.25, 0.3) is 0 Å². The molecular weight excluding hydrogens is 260 g/mol. The molecule has 2 nitrogen and oxygen atoms in total. The Morgan fingerprint density at radius 1 is 1.33 bits per heavy atom. The summed E-state index contributed by atoms with van der Waals surface area (Å²) in [5, 5.41) is 0. The molecule has 0 N–H and O–H groups in total. The molecule has 1 saturated heterocycles. The molecule has 0 saturated carbocycles. The Morgan fingerprint density at radius 3 is 2.61 bits per heavy atom. The van der Waals surface area contributed by atoms with Crippen molar-refractivity contribution in [1.82, 2.24) is 4.90 Å². The molecule has 0 aliphatic carbocycles. The molecule has 0 spiro atoms. The second kappa shape index (κ2) is 5.65. The number of nitrogens with zero attached hydrogens (tertiary/aromatic N) is 1. The van der Waals surface area contributed by atoms with Crippen LogP contribution in [0, 0.1) is 17.6 Å². The maximum atomic E-state index is 13.1. The number of benzene rings is 1. The number of carbonyl (C=O) groups is 1. The van der Waals surface area contributed by atoms with Crippen LogP contribution in [0.15, 0.2) is 18.2 Å². The number of amides is 1. The van der Waals surface area contributed by atoms with E-state index < -0.39 is 11.6 Å². The number of likely N-dealkylation sites (tertiary alicyclic amines) is 1. The molecule has 1 atom stereocenters. The summed E-state index contributed by atoms with van der Waals surface area (Å²) in [6.07, 6.45) is 1.87. The Morgan fingerprint density at radius 2 is 2.00 bits per heavy atom. The largest absolute Gasteiger partial charge is 0.338 e. The summed E-state index contributed by atoms with van der Waals surface area (Å²) < 4.78 is 26.1. The Bertz CT molecular complexity index is 432. The van der Waals surface area contributed by atoms with E-state index in [1.807, 2.05) is 0 Å². The van der Waals surface area contributed by atoms with Crippen molar-refractivity contribution in [3.05, 3.63) is 35.4 Å². The monoisotopic (exact) mass is 273 g/mol. The average molecular weight is 274 g/mol. The minimum Gasteiger partial charge on any atom is -0.338 e. The van der Waals surface area contributed by atoms with Gasteiger partial charge < -0.3 is 4.90 Å². The third-order valence-corrected chi connectivity index (χ3v) is 3.57. The number of hydrogen-bond donors (Lipinski definition) is 0. The Balaban J connectivity index is 2.15. The average Bonchev–Trinajstić information content (AvgIpc) is 2.37. The second-order valence-electron chi connectivity index (χ2n) is 4.57. The molecule has 18 heavy (non-hydrogen) atoms. The molecule has 2 rings (SSSR count). The summed E-state index contributed by atoms with van der Waals surface area (Å²) in [5.41, 5.74) is 0.0581. The molecule has 1 aliphatic rings. The maximum Gasteiger partial charge on any atom is 0.254 e. The van der Waals surface area contributed by atoms with Crippen LogP contribution in [0.2, 0.25) is 0 Å². The molecule has 0 bridgehead atoms. The smallest absolute Gasteiger partial charge is 0.254 e. The van der Waals surface area contributed by atoms with Crippen LogP contribution in [0.3, 0.4) is 0 Å². The van der Waals surface area contributed by atoms with Gasteiger partial charge in [0, 0.05) is 30.6 Å². The first-order valence-corrected chi connectivity index (χ1v) is 6.45. The summed E-state index contributed by atoms with van der Waals surface area (Å²) in [5.74, 6) is -1.03. The molecule has 5 heteroatoms. The van der Waals surface area contributed by atoms with Crippen molar-refractivity contribution in [2.75, 3.05) is 19.0 Å². The first-order valence-electron chi connectivity index (χ1n) is 5.91. The number of alkyl halides is 1. The van der Waals surface area contributed by atoms with E-state index >= 15 is 0 Å². The fourth-order valence-corrected chi connectivity index (χ4v) is 2.49. The normalized spacial score (nSPS) is 19.9. The van der Waals surface area contributed by atoms with Gasteiger partial charge in [0.1, 0.15) is 11.6 Å². The van der Waals surface area contributed by atoms with Crippen LogP contribution in [0.4, 0.5) is 8.78 Å². The number of hydrogen-bond acceptors (Lipinski definition) is 1. The van der Waals surface area contributed by atoms with Gasteiger partial charge in [-0.2, -0.15) is 0 Å². The van der Waals surface area contributed by atoms with Crippen molar-refractivity contribution in [2.45, 2.75) is 12.8 Å². The summed E-state index contributed by atoms with van der Waals surface area (Å²) >= 11 is 5.79. The lowest BCUT2D eigenvalue weighted by Crippen LogP contribution is -2.40. The predicted molar refractivity (Wildman–Crippen MR) is 65.7 cm³/mol. The van der Waals surface area contributed by atoms with Gasteiger partial charge in [-0.3, -0.25) is 4.79 Å². The Hall–Kier alpha value is -1.16. The highest BCUT2D eigenvalue weighted by atomic mass is 35.5. The van der Waals surface area contributed by atoms with Crippen LogP contribution in [0.1, 0.15) is 23.2 Å². The first kappa shape index (κ1) is 13.3. The molecule has 0 radical (unpaired) electrons. The fourth-order valence-electron chi connectivity index (χ4n) is 2.24. The SMILES string of the molecule is O=C(c1cc(F)cc(F)c1)N1CCCC(CCl)C1. The Labute approximate surface area is 110 Å². The molecule has 1 amide bonds. The fraction of sp³-hybridized carbons (Fsp3) is 0.462. The molecule has 1 fully saturated rings. The van der Waals surface area contributed by atoms with E-state index in [4.69, 9.17) is 11.6 Å². The second-order valence-corrected chi connectivity index (χ2v) is 4.88. The topological polar surface area (TPSA) is 20.3 Å². The zero-order chi connectivity index (χ0) is 13.1. The Kier molecular flexibility index (Phi) is 4.17. The van der Waals surface area contributed by atoms with Crippen molar-refractivity contribution >= 4 is 17.5 Å². The molecule has 1 aromatic rings. The predicted octanol–water partition coefficient (Wildman–Crippen LogP) is 3.06. The standard InChI is InChI=1S/C13H14ClF2NO/c14-7-9-2-1-3-17(8-9)13(18)10-4-11(15)6-12(16)5-10/h4-6,9H,1-3,7-8H2. The van der Waals surface area contributed by atoms with Crippen molar-refractivity contribution in [3.8, 4) is 0 Å². The van der Waals surface area contributed by atoms with Gasteiger partial charge in [0.25, 0.3) is 5.91 Å². The van der Waals surface area contributed by atoms with Gasteiger partial charge in [0.15, 0.2) is 0 Å². The van der Waals surface area contributed by atoms with Gasteiger partial charge in [-0.05, 0) is 30.9 Å². The molecule has 1 heterocycles. The van der Waals surface area contributed by atoms with Crippen LogP contribution < -0.4 is 0 Å². The lowest BCUT2D eigenvalue weighted by molar-refractivity contribution is 0.0684. The van der Waals surface area contributed by atoms with E-state index in [9.17, 15) is 13.6 Å². The first-order chi connectivity index (χ1) is 8.60. The number of carbonyl (C=O) groups excluding carboxylic acids is 1. The lowest BCUT2D eigenvalue weighted by Gasteiger charge is -2.31. The molecule has 1 aliphatic heterocycles. The van der Waals surface area contributed by atoms with Crippen molar-refractivity contribution in [2.24, 2.45) is 5.92 Å². The minimum atomic E-state index is -0.732. The summed E-state index contributed by atoms with van der Waals surface area (Å²) in [4.78, 5) is 13.7. The maximum absolute atomic E-state index is 13.1. The molecular formula is C13H14ClF2NO. The van der Waals surface area contributed by atoms with Gasteiger partial charge in [-0.15, -0.1) is 11.6 Å². The van der Waals surface area contributed by atoms with Gasteiger partial charge in [-0.1, -0.05) is 0 Å². The molecule has 1 unspecified atom stereocenters. The zero-order valence-corrected chi connectivity index (χ0v) is 10.6. The van der Waals surface area contributed by atoms with Gasteiger partial charge in [0.2, 0.25) is 0 Å². The van der Waals surface area contributed by atoms with E-state index in [0.717, 1.165) is 31.0 Å². The number of rotatable bonds is 2. The highest BCUT2D eigenvalue weighted by Gasteiger charge is 2.24. The third kappa shape index (κ3) is 2.99. The minimum absolute atomic E-state index is 0.0581. The van der Waals surface area contributed by atoms with E-state index in [1.54, 1.807) is 4.90 Å².